The normalized spacial score (nSPS) is 68.3. The van der Waals surface area contributed by atoms with E-state index in [9.17, 15) is 0 Å². The second-order valence-electron chi connectivity index (χ2n) is 3.98. The maximum Gasteiger partial charge on any atom is 0.0191 e. The molecule has 0 bridgehead atoms. The van der Waals surface area contributed by atoms with Crippen LogP contribution in [0.3, 0.4) is 0 Å². The highest BCUT2D eigenvalue weighted by Crippen LogP contribution is 2.72. The SMILES string of the molecule is SC12CCC1C1CCC12. The van der Waals surface area contributed by atoms with Gasteiger partial charge in [0, 0.05) is 4.75 Å². The lowest BCUT2D eigenvalue weighted by Crippen LogP contribution is -2.69. The Kier molecular flexibility index (Phi) is 0.677. The first-order chi connectivity index (χ1) is 4.32. The van der Waals surface area contributed by atoms with Gasteiger partial charge in [-0.1, -0.05) is 0 Å². The van der Waals surface area contributed by atoms with Crippen LogP contribution in [0.4, 0.5) is 0 Å². The largest absolute Gasteiger partial charge is 0.172 e. The van der Waals surface area contributed by atoms with Crippen LogP contribution in [0.15, 0.2) is 0 Å². The van der Waals surface area contributed by atoms with Crippen LogP contribution in [0.1, 0.15) is 25.7 Å². The molecule has 0 radical (unpaired) electrons. The Balaban J connectivity index is 1.92. The standard InChI is InChI=1S/C8H12S/c9-8-4-3-7(8)5-1-2-6(5)8/h5-7,9H,1-4H2. The highest BCUT2D eigenvalue weighted by molar-refractivity contribution is 7.82. The minimum absolute atomic E-state index is 0.572. The van der Waals surface area contributed by atoms with Gasteiger partial charge in [-0.3, -0.25) is 0 Å². The van der Waals surface area contributed by atoms with Crippen molar-refractivity contribution in [2.45, 2.75) is 30.4 Å². The summed E-state index contributed by atoms with van der Waals surface area (Å²) in [5, 5.41) is 0. The van der Waals surface area contributed by atoms with E-state index < -0.39 is 0 Å². The Hall–Kier alpha value is 0.350. The zero-order valence-corrected chi connectivity index (χ0v) is 6.40. The van der Waals surface area contributed by atoms with Gasteiger partial charge in [-0.2, -0.15) is 12.6 Å². The molecule has 0 saturated heterocycles. The van der Waals surface area contributed by atoms with E-state index in [1.165, 1.54) is 25.7 Å². The molecule has 0 spiro atoms. The number of rotatable bonds is 0. The van der Waals surface area contributed by atoms with E-state index in [2.05, 4.69) is 0 Å². The summed E-state index contributed by atoms with van der Waals surface area (Å²) in [4.78, 5) is 0. The maximum atomic E-state index is 4.73. The third-order valence-electron chi connectivity index (χ3n) is 3.98. The van der Waals surface area contributed by atoms with Gasteiger partial charge in [0.05, 0.1) is 0 Å². The maximum absolute atomic E-state index is 4.73. The predicted molar refractivity (Wildman–Crippen MR) is 40.7 cm³/mol. The summed E-state index contributed by atoms with van der Waals surface area (Å²) in [6, 6.07) is 0. The van der Waals surface area contributed by atoms with Crippen LogP contribution in [-0.4, -0.2) is 4.75 Å². The summed E-state index contributed by atoms with van der Waals surface area (Å²) in [7, 11) is 0. The minimum atomic E-state index is 0.572. The molecule has 50 valence electrons. The Morgan fingerprint density at radius 2 is 1.89 bits per heavy atom. The first-order valence-corrected chi connectivity index (χ1v) is 4.49. The second-order valence-corrected chi connectivity index (χ2v) is 4.82. The average molecular weight is 140 g/mol. The van der Waals surface area contributed by atoms with Gasteiger partial charge in [0.2, 0.25) is 0 Å². The first-order valence-electron chi connectivity index (χ1n) is 4.05. The van der Waals surface area contributed by atoms with Gasteiger partial charge in [-0.15, -0.1) is 0 Å². The summed E-state index contributed by atoms with van der Waals surface area (Å²) >= 11 is 4.73. The van der Waals surface area contributed by atoms with Gasteiger partial charge in [0.25, 0.3) is 0 Å². The molecule has 3 saturated carbocycles. The van der Waals surface area contributed by atoms with Gasteiger partial charge >= 0.3 is 0 Å². The van der Waals surface area contributed by atoms with E-state index in [1.54, 1.807) is 0 Å². The van der Waals surface area contributed by atoms with E-state index in [0.717, 1.165) is 17.8 Å². The zero-order chi connectivity index (χ0) is 6.06. The summed E-state index contributed by atoms with van der Waals surface area (Å²) in [5.74, 6) is 3.25. The molecule has 0 aromatic heterocycles. The molecule has 0 heterocycles. The van der Waals surface area contributed by atoms with Gasteiger partial charge in [-0.25, -0.2) is 0 Å². The molecule has 0 aromatic carbocycles. The van der Waals surface area contributed by atoms with Crippen LogP contribution in [0.25, 0.3) is 0 Å². The van der Waals surface area contributed by atoms with E-state index >= 15 is 0 Å². The van der Waals surface area contributed by atoms with Crippen LogP contribution >= 0.6 is 12.6 Å². The molecule has 0 N–H and O–H groups in total. The molecule has 1 heteroatoms. The molecule has 3 aliphatic carbocycles. The lowest BCUT2D eigenvalue weighted by atomic mass is 9.39. The lowest BCUT2D eigenvalue weighted by Gasteiger charge is -2.72. The second kappa shape index (κ2) is 1.20. The van der Waals surface area contributed by atoms with Crippen molar-refractivity contribution in [3.8, 4) is 0 Å². The fourth-order valence-corrected chi connectivity index (χ4v) is 3.93. The van der Waals surface area contributed by atoms with Crippen molar-refractivity contribution in [3.05, 3.63) is 0 Å². The van der Waals surface area contributed by atoms with Crippen molar-refractivity contribution in [2.24, 2.45) is 17.8 Å². The molecule has 0 amide bonds. The minimum Gasteiger partial charge on any atom is -0.172 e. The summed E-state index contributed by atoms with van der Waals surface area (Å²) in [6.45, 7) is 0. The lowest BCUT2D eigenvalue weighted by molar-refractivity contribution is -0.135. The van der Waals surface area contributed by atoms with Gasteiger partial charge in [-0.05, 0) is 43.4 Å². The third kappa shape index (κ3) is 0.343. The zero-order valence-electron chi connectivity index (χ0n) is 5.51. The molecule has 0 nitrogen and oxygen atoms in total. The van der Waals surface area contributed by atoms with Gasteiger partial charge in [0.15, 0.2) is 0 Å². The molecule has 3 rings (SSSR count). The molecule has 4 unspecified atom stereocenters. The molecule has 0 aromatic rings. The molecular formula is C8H12S. The Morgan fingerprint density at radius 1 is 1.11 bits per heavy atom. The van der Waals surface area contributed by atoms with Crippen molar-refractivity contribution in [1.29, 1.82) is 0 Å². The van der Waals surface area contributed by atoms with Crippen molar-refractivity contribution in [2.75, 3.05) is 0 Å². The number of fused-ring (bicyclic) bond motifs is 4. The predicted octanol–water partition coefficient (Wildman–Crippen LogP) is 2.10. The van der Waals surface area contributed by atoms with Crippen LogP contribution in [0.5, 0.6) is 0 Å². The number of hydrogen-bond donors (Lipinski definition) is 1. The van der Waals surface area contributed by atoms with Crippen LogP contribution < -0.4 is 0 Å². The number of thiol groups is 1. The molecule has 3 fully saturated rings. The molecular weight excluding hydrogens is 128 g/mol. The van der Waals surface area contributed by atoms with Crippen LogP contribution in [0, 0.1) is 17.8 Å². The topological polar surface area (TPSA) is 0 Å². The van der Waals surface area contributed by atoms with Crippen molar-refractivity contribution in [3.63, 3.8) is 0 Å². The van der Waals surface area contributed by atoms with Crippen molar-refractivity contribution >= 4 is 12.6 Å². The fraction of sp³-hybridized carbons (Fsp3) is 1.00. The van der Waals surface area contributed by atoms with Crippen molar-refractivity contribution < 1.29 is 0 Å². The highest BCUT2D eigenvalue weighted by Gasteiger charge is 2.67. The fourth-order valence-electron chi connectivity index (χ4n) is 3.16. The smallest absolute Gasteiger partial charge is 0.0191 e. The Labute approximate surface area is 61.4 Å². The molecule has 0 aliphatic heterocycles. The number of hydrogen-bond acceptors (Lipinski definition) is 1. The van der Waals surface area contributed by atoms with Crippen LogP contribution in [0.2, 0.25) is 0 Å². The van der Waals surface area contributed by atoms with E-state index in [4.69, 9.17) is 12.6 Å². The third-order valence-corrected chi connectivity index (χ3v) is 4.87. The first kappa shape index (κ1) is 5.06. The van der Waals surface area contributed by atoms with Crippen LogP contribution in [-0.2, 0) is 0 Å². The van der Waals surface area contributed by atoms with Gasteiger partial charge < -0.3 is 0 Å². The molecule has 3 aliphatic rings. The van der Waals surface area contributed by atoms with E-state index in [1.807, 2.05) is 0 Å². The van der Waals surface area contributed by atoms with E-state index in [-0.39, 0.29) is 0 Å². The molecule has 9 heavy (non-hydrogen) atoms. The van der Waals surface area contributed by atoms with Crippen molar-refractivity contribution in [1.82, 2.24) is 0 Å². The Bertz CT molecular complexity index is 154. The van der Waals surface area contributed by atoms with Gasteiger partial charge in [0.1, 0.15) is 0 Å². The monoisotopic (exact) mass is 140 g/mol. The van der Waals surface area contributed by atoms with E-state index in [0.29, 0.717) is 4.75 Å². The quantitative estimate of drug-likeness (QED) is 0.489. The Morgan fingerprint density at radius 3 is 2.00 bits per heavy atom. The average Bonchev–Trinajstić information content (AvgIpc) is 1.77. The highest BCUT2D eigenvalue weighted by atomic mass is 32.1. The summed E-state index contributed by atoms with van der Waals surface area (Å²) in [6.07, 6.45) is 5.93. The summed E-state index contributed by atoms with van der Waals surface area (Å²) < 4.78 is 0.572. The molecule has 4 atom stereocenters. The summed E-state index contributed by atoms with van der Waals surface area (Å²) in [5.41, 5.74) is 0.